The van der Waals surface area contributed by atoms with E-state index in [2.05, 4.69) is 20.7 Å². The molecule has 5 nitrogen and oxygen atoms in total. The van der Waals surface area contributed by atoms with Gasteiger partial charge in [-0.1, -0.05) is 0 Å². The summed E-state index contributed by atoms with van der Waals surface area (Å²) < 4.78 is 39.2. The first-order valence-electron chi connectivity index (χ1n) is 5.16. The lowest BCUT2D eigenvalue weighted by molar-refractivity contribution is 0.186. The third kappa shape index (κ3) is 3.91. The van der Waals surface area contributed by atoms with Crippen LogP contribution < -0.4 is 10.5 Å². The van der Waals surface area contributed by atoms with Crippen LogP contribution in [0.5, 0.6) is 0 Å². The summed E-state index contributed by atoms with van der Waals surface area (Å²) in [6.45, 7) is 1.63. The molecule has 0 aliphatic heterocycles. The van der Waals surface area contributed by atoms with Crippen LogP contribution in [0, 0.1) is 5.82 Å². The summed E-state index contributed by atoms with van der Waals surface area (Å²) in [5.74, 6) is -0.629. The summed E-state index contributed by atoms with van der Waals surface area (Å²) in [5.41, 5.74) is 5.31. The predicted octanol–water partition coefficient (Wildman–Crippen LogP) is 1.22. The van der Waals surface area contributed by atoms with Crippen LogP contribution >= 0.6 is 15.9 Å². The van der Waals surface area contributed by atoms with Crippen molar-refractivity contribution in [2.24, 2.45) is 0 Å². The van der Waals surface area contributed by atoms with Crippen LogP contribution in [0.4, 0.5) is 10.1 Å². The molecular weight excluding hydrogens is 327 g/mol. The Kier molecular flexibility index (Phi) is 5.09. The zero-order valence-corrected chi connectivity index (χ0v) is 12.1. The molecule has 102 valence electrons. The number of hydrogen-bond donors (Lipinski definition) is 3. The largest absolute Gasteiger partial charge is 0.398 e. The molecule has 0 amide bonds. The molecule has 0 spiro atoms. The van der Waals surface area contributed by atoms with Gasteiger partial charge in [-0.25, -0.2) is 17.5 Å². The van der Waals surface area contributed by atoms with Crippen molar-refractivity contribution < 1.29 is 17.9 Å². The number of rotatable bonds is 5. The fourth-order valence-electron chi connectivity index (χ4n) is 1.26. The van der Waals surface area contributed by atoms with Crippen LogP contribution in [0.1, 0.15) is 13.3 Å². The van der Waals surface area contributed by atoms with E-state index in [4.69, 9.17) is 10.8 Å². The molecule has 0 bridgehead atoms. The summed E-state index contributed by atoms with van der Waals surface area (Å²) in [6.07, 6.45) is -0.327. The Hall–Kier alpha value is -0.700. The quantitative estimate of drug-likeness (QED) is 0.702. The van der Waals surface area contributed by atoms with Crippen LogP contribution in [0.3, 0.4) is 0 Å². The normalized spacial score (nSPS) is 13.6. The number of aliphatic hydroxyl groups excluding tert-OH is 1. The number of aliphatic hydroxyl groups is 1. The van der Waals surface area contributed by atoms with Gasteiger partial charge in [-0.3, -0.25) is 0 Å². The summed E-state index contributed by atoms with van der Waals surface area (Å²) in [4.78, 5) is -0.193. The first-order valence-corrected chi connectivity index (χ1v) is 7.44. The van der Waals surface area contributed by atoms with E-state index in [1.165, 1.54) is 0 Å². The van der Waals surface area contributed by atoms with E-state index in [-0.39, 0.29) is 28.0 Å². The van der Waals surface area contributed by atoms with Gasteiger partial charge < -0.3 is 10.8 Å². The van der Waals surface area contributed by atoms with Crippen LogP contribution in [0.25, 0.3) is 0 Å². The van der Waals surface area contributed by atoms with Crippen molar-refractivity contribution in [1.82, 2.24) is 4.72 Å². The molecule has 0 saturated carbocycles. The van der Waals surface area contributed by atoms with Gasteiger partial charge in [0.05, 0.1) is 16.3 Å². The molecule has 0 saturated heterocycles. The molecule has 0 aromatic heterocycles. The van der Waals surface area contributed by atoms with Gasteiger partial charge in [0.25, 0.3) is 0 Å². The Balaban J connectivity index is 2.95. The van der Waals surface area contributed by atoms with Gasteiger partial charge in [-0.15, -0.1) is 0 Å². The van der Waals surface area contributed by atoms with E-state index in [1.807, 2.05) is 0 Å². The topological polar surface area (TPSA) is 92.4 Å². The van der Waals surface area contributed by atoms with Crippen LogP contribution in [-0.2, 0) is 10.0 Å². The molecule has 0 radical (unpaired) electrons. The van der Waals surface area contributed by atoms with Gasteiger partial charge in [0.1, 0.15) is 10.7 Å². The van der Waals surface area contributed by atoms with Crippen molar-refractivity contribution in [3.63, 3.8) is 0 Å². The SMILES string of the molecule is CC(O)CCNS(=O)(=O)c1cc(Br)c(F)cc1N. The third-order valence-electron chi connectivity index (χ3n) is 2.20. The zero-order valence-electron chi connectivity index (χ0n) is 9.65. The third-order valence-corrected chi connectivity index (χ3v) is 4.32. The standard InChI is InChI=1S/C10H14BrFN2O3S/c1-6(15)2-3-14-18(16,17)10-4-7(11)8(12)5-9(10)13/h4-6,14-15H,2-3,13H2,1H3. The minimum atomic E-state index is -3.81. The Morgan fingerprint density at radius 2 is 2.17 bits per heavy atom. The minimum absolute atomic E-state index is 0.0209. The second-order valence-electron chi connectivity index (χ2n) is 3.84. The van der Waals surface area contributed by atoms with Crippen LogP contribution in [0.2, 0.25) is 0 Å². The zero-order chi connectivity index (χ0) is 13.9. The highest BCUT2D eigenvalue weighted by Crippen LogP contribution is 2.25. The Labute approximate surface area is 113 Å². The number of benzene rings is 1. The molecule has 1 atom stereocenters. The Morgan fingerprint density at radius 3 is 2.72 bits per heavy atom. The molecule has 18 heavy (non-hydrogen) atoms. The van der Waals surface area contributed by atoms with E-state index < -0.39 is 21.9 Å². The van der Waals surface area contributed by atoms with E-state index in [1.54, 1.807) is 6.92 Å². The predicted molar refractivity (Wildman–Crippen MR) is 70.0 cm³/mol. The molecule has 0 heterocycles. The maximum absolute atomic E-state index is 13.1. The summed E-state index contributed by atoms with van der Waals surface area (Å²) >= 11 is 2.90. The molecule has 0 aliphatic rings. The monoisotopic (exact) mass is 340 g/mol. The fraction of sp³-hybridized carbons (Fsp3) is 0.400. The molecule has 4 N–H and O–H groups in total. The van der Waals surface area contributed by atoms with E-state index in [9.17, 15) is 12.8 Å². The highest BCUT2D eigenvalue weighted by molar-refractivity contribution is 9.10. The molecular formula is C10H14BrFN2O3S. The lowest BCUT2D eigenvalue weighted by Gasteiger charge is -2.10. The first kappa shape index (κ1) is 15.4. The van der Waals surface area contributed by atoms with Crippen LogP contribution in [0.15, 0.2) is 21.5 Å². The van der Waals surface area contributed by atoms with Gasteiger partial charge in [0.2, 0.25) is 10.0 Å². The number of anilines is 1. The fourth-order valence-corrected chi connectivity index (χ4v) is 2.94. The molecule has 8 heteroatoms. The van der Waals surface area contributed by atoms with Crippen molar-refractivity contribution >= 4 is 31.6 Å². The number of hydrogen-bond acceptors (Lipinski definition) is 4. The van der Waals surface area contributed by atoms with Crippen molar-refractivity contribution in [1.29, 1.82) is 0 Å². The molecule has 0 fully saturated rings. The minimum Gasteiger partial charge on any atom is -0.398 e. The van der Waals surface area contributed by atoms with Gasteiger partial charge in [-0.05, 0) is 41.4 Å². The average Bonchev–Trinajstić information content (AvgIpc) is 2.22. The van der Waals surface area contributed by atoms with Crippen molar-refractivity contribution in [2.75, 3.05) is 12.3 Å². The van der Waals surface area contributed by atoms with Crippen molar-refractivity contribution in [2.45, 2.75) is 24.3 Å². The molecule has 1 unspecified atom stereocenters. The van der Waals surface area contributed by atoms with E-state index >= 15 is 0 Å². The lowest BCUT2D eigenvalue weighted by atomic mass is 10.3. The van der Waals surface area contributed by atoms with Gasteiger partial charge in [-0.2, -0.15) is 0 Å². The van der Waals surface area contributed by atoms with Crippen molar-refractivity contribution in [3.05, 3.63) is 22.4 Å². The van der Waals surface area contributed by atoms with E-state index in [0.717, 1.165) is 12.1 Å². The molecule has 0 aliphatic carbocycles. The summed E-state index contributed by atoms with van der Waals surface area (Å²) in [6, 6.07) is 2.04. The number of nitrogens with two attached hydrogens (primary N) is 1. The highest BCUT2D eigenvalue weighted by atomic mass is 79.9. The van der Waals surface area contributed by atoms with Gasteiger partial charge in [0, 0.05) is 6.54 Å². The summed E-state index contributed by atoms with van der Waals surface area (Å²) in [7, 11) is -3.81. The second-order valence-corrected chi connectivity index (χ2v) is 6.43. The Morgan fingerprint density at radius 1 is 1.56 bits per heavy atom. The number of nitrogen functional groups attached to an aromatic ring is 1. The lowest BCUT2D eigenvalue weighted by Crippen LogP contribution is -2.27. The highest BCUT2D eigenvalue weighted by Gasteiger charge is 2.19. The van der Waals surface area contributed by atoms with Crippen molar-refractivity contribution in [3.8, 4) is 0 Å². The Bertz CT molecular complexity index is 534. The maximum atomic E-state index is 13.1. The smallest absolute Gasteiger partial charge is 0.242 e. The molecule has 1 aromatic rings. The molecule has 1 aromatic carbocycles. The summed E-state index contributed by atoms with van der Waals surface area (Å²) in [5, 5.41) is 9.04. The first-order chi connectivity index (χ1) is 8.24. The average molecular weight is 341 g/mol. The van der Waals surface area contributed by atoms with Crippen LogP contribution in [-0.4, -0.2) is 26.2 Å². The second kappa shape index (κ2) is 5.96. The van der Waals surface area contributed by atoms with Gasteiger partial charge >= 0.3 is 0 Å². The number of sulfonamides is 1. The molecule has 1 rings (SSSR count). The maximum Gasteiger partial charge on any atom is 0.242 e. The number of halogens is 2. The number of nitrogens with one attached hydrogen (secondary N) is 1. The van der Waals surface area contributed by atoms with E-state index in [0.29, 0.717) is 0 Å². The van der Waals surface area contributed by atoms with Gasteiger partial charge in [0.15, 0.2) is 0 Å².